The number of carbonyl (C=O) groups excluding carboxylic acids is 3. The van der Waals surface area contributed by atoms with Crippen molar-refractivity contribution in [3.05, 3.63) is 11.6 Å². The maximum absolute atomic E-state index is 12.0. The largest absolute Gasteiger partial charge is 0.465 e. The summed E-state index contributed by atoms with van der Waals surface area (Å²) in [7, 11) is 1.95. The van der Waals surface area contributed by atoms with Crippen molar-refractivity contribution in [2.75, 3.05) is 13.7 Å². The molecule has 190 valence electrons. The second kappa shape index (κ2) is 9.31. The van der Waals surface area contributed by atoms with Gasteiger partial charge in [0.1, 0.15) is 0 Å². The molecule has 2 amide bonds. The second-order valence-corrected chi connectivity index (χ2v) is 12.0. The molecule has 3 fully saturated rings. The van der Waals surface area contributed by atoms with Crippen molar-refractivity contribution < 1.29 is 19.1 Å². The minimum Gasteiger partial charge on any atom is -0.465 e. The van der Waals surface area contributed by atoms with Crippen molar-refractivity contribution in [3.63, 3.8) is 0 Å². The maximum atomic E-state index is 12.0. The van der Waals surface area contributed by atoms with Crippen molar-refractivity contribution in [2.24, 2.45) is 34.5 Å². The highest BCUT2D eigenvalue weighted by Gasteiger charge is 2.61. The average Bonchev–Trinajstić information content (AvgIpc) is 3.16. The van der Waals surface area contributed by atoms with E-state index in [1.165, 1.54) is 6.92 Å². The molecule has 0 aromatic carbocycles. The fourth-order valence-electron chi connectivity index (χ4n) is 8.77. The number of allylic oxidation sites excluding steroid dienone is 1. The molecule has 0 aromatic rings. The van der Waals surface area contributed by atoms with Gasteiger partial charge in [0.2, 0.25) is 11.8 Å². The van der Waals surface area contributed by atoms with Gasteiger partial charge in [-0.05, 0) is 87.4 Å². The molecule has 4 aliphatic rings. The van der Waals surface area contributed by atoms with E-state index in [0.29, 0.717) is 36.3 Å². The Morgan fingerprint density at radius 3 is 2.50 bits per heavy atom. The zero-order chi connectivity index (χ0) is 24.8. The SMILES string of the molecule is CC(=O)NC(C)C1CCC2C3CC=C4CC(N(C)C(C)=O)CCC4(C)C3CCC12COC(C)=O. The van der Waals surface area contributed by atoms with Gasteiger partial charge in [-0.3, -0.25) is 14.4 Å². The molecule has 4 aliphatic carbocycles. The molecule has 3 saturated carbocycles. The molecule has 0 heterocycles. The molecule has 34 heavy (non-hydrogen) atoms. The number of rotatable bonds is 5. The van der Waals surface area contributed by atoms with Crippen LogP contribution < -0.4 is 5.32 Å². The van der Waals surface area contributed by atoms with Gasteiger partial charge < -0.3 is 15.0 Å². The molecule has 8 unspecified atom stereocenters. The number of amides is 2. The quantitative estimate of drug-likeness (QED) is 0.473. The van der Waals surface area contributed by atoms with E-state index in [9.17, 15) is 14.4 Å². The van der Waals surface area contributed by atoms with Gasteiger partial charge in [-0.2, -0.15) is 0 Å². The standard InChI is InChI=1S/C28H44N2O4/c1-17(29-18(2)31)24-9-10-26-23-8-7-21-15-22(30(6)19(3)32)11-13-27(21,5)25(23)12-14-28(24,26)16-34-20(4)33/h7,17,22-26H,8-16H2,1-6H3,(H,29,31). The topological polar surface area (TPSA) is 75.7 Å². The lowest BCUT2D eigenvalue weighted by Crippen LogP contribution is -2.55. The molecule has 4 rings (SSSR count). The monoisotopic (exact) mass is 472 g/mol. The number of esters is 1. The predicted octanol–water partition coefficient (Wildman–Crippen LogP) is 4.48. The Balaban J connectivity index is 1.61. The molecule has 0 spiro atoms. The van der Waals surface area contributed by atoms with E-state index < -0.39 is 0 Å². The van der Waals surface area contributed by atoms with Crippen LogP contribution in [0, 0.1) is 34.5 Å². The number of fused-ring (bicyclic) bond motifs is 5. The first-order chi connectivity index (χ1) is 16.0. The van der Waals surface area contributed by atoms with Gasteiger partial charge in [-0.25, -0.2) is 0 Å². The molecular weight excluding hydrogens is 428 g/mol. The molecule has 6 nitrogen and oxygen atoms in total. The van der Waals surface area contributed by atoms with E-state index in [0.717, 1.165) is 51.4 Å². The Morgan fingerprint density at radius 2 is 1.85 bits per heavy atom. The highest BCUT2D eigenvalue weighted by atomic mass is 16.5. The summed E-state index contributed by atoms with van der Waals surface area (Å²) in [6, 6.07) is 0.395. The summed E-state index contributed by atoms with van der Waals surface area (Å²) in [5.74, 6) is 2.03. The summed E-state index contributed by atoms with van der Waals surface area (Å²) in [5, 5.41) is 3.16. The fourth-order valence-corrected chi connectivity index (χ4v) is 8.77. The zero-order valence-electron chi connectivity index (χ0n) is 22.0. The molecular formula is C28H44N2O4. The third-order valence-electron chi connectivity index (χ3n) is 10.5. The minimum absolute atomic E-state index is 0.0114. The molecule has 6 heteroatoms. The van der Waals surface area contributed by atoms with Crippen molar-refractivity contribution in [3.8, 4) is 0 Å². The zero-order valence-corrected chi connectivity index (χ0v) is 22.0. The van der Waals surface area contributed by atoms with Crippen molar-refractivity contribution in [1.82, 2.24) is 10.2 Å². The van der Waals surface area contributed by atoms with E-state index in [1.807, 2.05) is 11.9 Å². The van der Waals surface area contributed by atoms with E-state index in [2.05, 4.69) is 25.2 Å². The fraction of sp³-hybridized carbons (Fsp3) is 0.821. The summed E-state index contributed by atoms with van der Waals surface area (Å²) < 4.78 is 5.74. The van der Waals surface area contributed by atoms with Gasteiger partial charge in [0.05, 0.1) is 6.61 Å². The van der Waals surface area contributed by atoms with Crippen LogP contribution in [0.3, 0.4) is 0 Å². The smallest absolute Gasteiger partial charge is 0.302 e. The molecule has 1 N–H and O–H groups in total. The predicted molar refractivity (Wildman–Crippen MR) is 132 cm³/mol. The van der Waals surface area contributed by atoms with E-state index >= 15 is 0 Å². The van der Waals surface area contributed by atoms with E-state index in [1.54, 1.807) is 19.4 Å². The molecule has 0 saturated heterocycles. The maximum Gasteiger partial charge on any atom is 0.302 e. The lowest BCUT2D eigenvalue weighted by Gasteiger charge is -2.59. The molecule has 8 atom stereocenters. The number of hydrogen-bond acceptors (Lipinski definition) is 4. The third-order valence-corrected chi connectivity index (χ3v) is 10.5. The number of ether oxygens (including phenoxy) is 1. The Labute approximate surface area is 205 Å². The average molecular weight is 473 g/mol. The van der Waals surface area contributed by atoms with Crippen molar-refractivity contribution >= 4 is 17.8 Å². The van der Waals surface area contributed by atoms with Crippen molar-refractivity contribution in [1.29, 1.82) is 0 Å². The van der Waals surface area contributed by atoms with Crippen LogP contribution in [0.15, 0.2) is 11.6 Å². The first kappa shape index (κ1) is 25.2. The number of nitrogens with zero attached hydrogens (tertiary/aromatic N) is 1. The normalized spacial score (nSPS) is 39.6. The highest BCUT2D eigenvalue weighted by Crippen LogP contribution is 2.67. The van der Waals surface area contributed by atoms with E-state index in [4.69, 9.17) is 4.74 Å². The van der Waals surface area contributed by atoms with Crippen LogP contribution in [-0.2, 0) is 19.1 Å². The number of carbonyl (C=O) groups is 3. The van der Waals surface area contributed by atoms with Crippen LogP contribution >= 0.6 is 0 Å². The minimum atomic E-state index is -0.209. The molecule has 0 aromatic heterocycles. The highest BCUT2D eigenvalue weighted by molar-refractivity contribution is 5.73. The van der Waals surface area contributed by atoms with Crippen LogP contribution in [0.2, 0.25) is 0 Å². The summed E-state index contributed by atoms with van der Waals surface area (Å²) >= 11 is 0. The molecule has 0 aliphatic heterocycles. The Hall–Kier alpha value is -1.85. The second-order valence-electron chi connectivity index (χ2n) is 12.0. The van der Waals surface area contributed by atoms with Gasteiger partial charge in [0.25, 0.3) is 0 Å². The first-order valence-electron chi connectivity index (χ1n) is 13.3. The lowest BCUT2D eigenvalue weighted by molar-refractivity contribution is -0.153. The summed E-state index contributed by atoms with van der Waals surface area (Å²) in [5.41, 5.74) is 1.71. The Morgan fingerprint density at radius 1 is 1.12 bits per heavy atom. The van der Waals surface area contributed by atoms with Gasteiger partial charge in [-0.15, -0.1) is 0 Å². The van der Waals surface area contributed by atoms with Gasteiger partial charge >= 0.3 is 5.97 Å². The van der Waals surface area contributed by atoms with Crippen molar-refractivity contribution in [2.45, 2.75) is 98.1 Å². The molecule has 0 bridgehead atoms. The van der Waals surface area contributed by atoms with Crippen LogP contribution in [0.25, 0.3) is 0 Å². The van der Waals surface area contributed by atoms with Crippen LogP contribution in [-0.4, -0.2) is 48.4 Å². The van der Waals surface area contributed by atoms with Gasteiger partial charge in [-0.1, -0.05) is 18.6 Å². The summed E-state index contributed by atoms with van der Waals surface area (Å²) in [4.78, 5) is 37.6. The van der Waals surface area contributed by atoms with Gasteiger partial charge in [0, 0.05) is 45.3 Å². The summed E-state index contributed by atoms with van der Waals surface area (Å²) in [6.45, 7) is 9.84. The summed E-state index contributed by atoms with van der Waals surface area (Å²) in [6.07, 6.45) is 11.2. The van der Waals surface area contributed by atoms with Crippen LogP contribution in [0.1, 0.15) is 86.0 Å². The lowest BCUT2D eigenvalue weighted by atomic mass is 9.46. The molecule has 0 radical (unpaired) electrons. The van der Waals surface area contributed by atoms with Crippen LogP contribution in [0.5, 0.6) is 0 Å². The Kier molecular flexibility index (Phi) is 6.91. The Bertz CT molecular complexity index is 868. The number of nitrogens with one attached hydrogen (secondary N) is 1. The van der Waals surface area contributed by atoms with E-state index in [-0.39, 0.29) is 34.7 Å². The number of hydrogen-bond donors (Lipinski definition) is 1. The van der Waals surface area contributed by atoms with Gasteiger partial charge in [0.15, 0.2) is 0 Å². The van der Waals surface area contributed by atoms with Crippen LogP contribution in [0.4, 0.5) is 0 Å². The first-order valence-corrected chi connectivity index (χ1v) is 13.3. The third kappa shape index (κ3) is 4.19.